The summed E-state index contributed by atoms with van der Waals surface area (Å²) in [6.07, 6.45) is -16.2. The second-order valence-electron chi connectivity index (χ2n) is 11.0. The molecule has 0 spiro atoms. The molecule has 0 amide bonds. The highest BCUT2D eigenvalue weighted by Crippen LogP contribution is 2.35. The Kier molecular flexibility index (Phi) is 16.5. The maximum absolute atomic E-state index is 12.4. The highest BCUT2D eigenvalue weighted by Gasteiger charge is 2.57. The summed E-state index contributed by atoms with van der Waals surface area (Å²) in [5.74, 6) is -7.19. The molecule has 0 saturated carbocycles. The first-order valence-electron chi connectivity index (χ1n) is 15.3. The predicted octanol–water partition coefficient (Wildman–Crippen LogP) is -0.512. The summed E-state index contributed by atoms with van der Waals surface area (Å²) in [4.78, 5) is 95.9. The number of carboxylic acids is 1. The third kappa shape index (κ3) is 13.5. The van der Waals surface area contributed by atoms with Crippen molar-refractivity contribution in [3.8, 4) is 0 Å². The average molecular weight is 723 g/mol. The maximum atomic E-state index is 12.4. The lowest BCUT2D eigenvalue weighted by molar-refractivity contribution is -0.361. The standard InChI is InChI=1S/C30H42O20/c1-13(31)41-11-20-23(43-15(3)33)25(44-16(4)34)28(47-19(7)37)30(49-20)50-24-21(12-42-14(2)32)48-29(40-10-8-9-22(38)39)27(46-18(6)36)26(24)45-17(5)35/h20-21,23-30H,8-12H2,1-7H3,(H,38,39). The van der Waals surface area contributed by atoms with Crippen molar-refractivity contribution in [3.63, 3.8) is 0 Å². The maximum Gasteiger partial charge on any atom is 0.303 e. The molecule has 0 aromatic heterocycles. The monoisotopic (exact) mass is 722 g/mol. The van der Waals surface area contributed by atoms with Crippen LogP contribution in [0.25, 0.3) is 0 Å². The molecule has 0 aliphatic carbocycles. The molecule has 2 rings (SSSR count). The second-order valence-corrected chi connectivity index (χ2v) is 11.0. The van der Waals surface area contributed by atoms with Gasteiger partial charge in [0.2, 0.25) is 0 Å². The van der Waals surface area contributed by atoms with Crippen molar-refractivity contribution >= 4 is 47.8 Å². The summed E-state index contributed by atoms with van der Waals surface area (Å²) in [7, 11) is 0. The van der Waals surface area contributed by atoms with Gasteiger partial charge in [0.25, 0.3) is 0 Å². The lowest BCUT2D eigenvalue weighted by Gasteiger charge is -2.48. The number of aliphatic carboxylic acids is 1. The zero-order valence-corrected chi connectivity index (χ0v) is 28.5. The van der Waals surface area contributed by atoms with Gasteiger partial charge in [-0.05, 0) is 6.42 Å². The first-order valence-corrected chi connectivity index (χ1v) is 15.3. The van der Waals surface area contributed by atoms with Gasteiger partial charge >= 0.3 is 47.8 Å². The van der Waals surface area contributed by atoms with Crippen molar-refractivity contribution < 1.29 is 95.6 Å². The Bertz CT molecular complexity index is 1250. The van der Waals surface area contributed by atoms with Crippen molar-refractivity contribution in [2.75, 3.05) is 19.8 Å². The van der Waals surface area contributed by atoms with Crippen LogP contribution in [0.2, 0.25) is 0 Å². The molecule has 0 aromatic carbocycles. The Morgan fingerprint density at radius 3 is 1.32 bits per heavy atom. The summed E-state index contributed by atoms with van der Waals surface area (Å²) in [6.45, 7) is 5.87. The van der Waals surface area contributed by atoms with Crippen LogP contribution in [0.5, 0.6) is 0 Å². The Labute approximate surface area is 286 Å². The first kappa shape index (κ1) is 41.8. The lowest BCUT2D eigenvalue weighted by atomic mass is 9.96. The van der Waals surface area contributed by atoms with Crippen molar-refractivity contribution in [2.24, 2.45) is 0 Å². The summed E-state index contributed by atoms with van der Waals surface area (Å²) < 4.78 is 61.3. The van der Waals surface area contributed by atoms with Gasteiger partial charge in [0.15, 0.2) is 43.1 Å². The van der Waals surface area contributed by atoms with Gasteiger partial charge in [-0.15, -0.1) is 0 Å². The number of ether oxygens (including phenoxy) is 11. The van der Waals surface area contributed by atoms with Crippen LogP contribution in [0, 0.1) is 0 Å². The normalized spacial score (nSPS) is 29.0. The summed E-state index contributed by atoms with van der Waals surface area (Å²) in [6, 6.07) is 0. The van der Waals surface area contributed by atoms with Gasteiger partial charge in [-0.2, -0.15) is 0 Å². The molecule has 50 heavy (non-hydrogen) atoms. The molecule has 0 radical (unpaired) electrons. The summed E-state index contributed by atoms with van der Waals surface area (Å²) in [5, 5.41) is 9.00. The quantitative estimate of drug-likeness (QED) is 0.119. The number of carbonyl (C=O) groups excluding carboxylic acids is 7. The van der Waals surface area contributed by atoms with E-state index in [1.54, 1.807) is 0 Å². The minimum absolute atomic E-state index is 0.000499. The Morgan fingerprint density at radius 2 is 0.880 bits per heavy atom. The Balaban J connectivity index is 2.69. The smallest absolute Gasteiger partial charge is 0.303 e. The van der Waals surface area contributed by atoms with E-state index in [2.05, 4.69) is 0 Å². The molecule has 1 N–H and O–H groups in total. The molecule has 2 heterocycles. The number of esters is 7. The topological polar surface area (TPSA) is 258 Å². The molecule has 20 heteroatoms. The van der Waals surface area contributed by atoms with Gasteiger partial charge in [0.05, 0.1) is 6.61 Å². The van der Waals surface area contributed by atoms with E-state index in [0.29, 0.717) is 0 Å². The van der Waals surface area contributed by atoms with Crippen LogP contribution < -0.4 is 0 Å². The third-order valence-electron chi connectivity index (χ3n) is 6.70. The van der Waals surface area contributed by atoms with E-state index >= 15 is 0 Å². The van der Waals surface area contributed by atoms with Gasteiger partial charge in [-0.3, -0.25) is 38.4 Å². The van der Waals surface area contributed by atoms with Crippen LogP contribution in [0.3, 0.4) is 0 Å². The average Bonchev–Trinajstić information content (AvgIpc) is 2.97. The highest BCUT2D eigenvalue weighted by atomic mass is 16.8. The van der Waals surface area contributed by atoms with Crippen molar-refractivity contribution in [1.82, 2.24) is 0 Å². The number of rotatable bonds is 16. The van der Waals surface area contributed by atoms with E-state index in [1.165, 1.54) is 0 Å². The zero-order valence-electron chi connectivity index (χ0n) is 28.5. The fraction of sp³-hybridized carbons (Fsp3) is 0.733. The third-order valence-corrected chi connectivity index (χ3v) is 6.70. The van der Waals surface area contributed by atoms with Crippen LogP contribution >= 0.6 is 0 Å². The number of hydrogen-bond acceptors (Lipinski definition) is 19. The molecular formula is C30H42O20. The first-order chi connectivity index (χ1) is 23.4. The van der Waals surface area contributed by atoms with Gasteiger partial charge in [0, 0.05) is 54.9 Å². The van der Waals surface area contributed by atoms with E-state index in [-0.39, 0.29) is 19.4 Å². The SMILES string of the molecule is CC(=O)OCC1OC(OC2C(COC(C)=O)OC(OCCCC(=O)O)C(OC(C)=O)C2OC(C)=O)C(OC(C)=O)C(OC(C)=O)C1OC(C)=O. The lowest BCUT2D eigenvalue weighted by Crippen LogP contribution is -2.67. The molecule has 0 aromatic rings. The van der Waals surface area contributed by atoms with Crippen LogP contribution in [-0.4, -0.2) is 134 Å². The summed E-state index contributed by atoms with van der Waals surface area (Å²) >= 11 is 0. The second kappa shape index (κ2) is 19.7. The molecule has 10 unspecified atom stereocenters. The number of hydrogen-bond donors (Lipinski definition) is 1. The fourth-order valence-electron chi connectivity index (χ4n) is 5.03. The largest absolute Gasteiger partial charge is 0.481 e. The molecule has 20 nitrogen and oxygen atoms in total. The van der Waals surface area contributed by atoms with Crippen molar-refractivity contribution in [3.05, 3.63) is 0 Å². The van der Waals surface area contributed by atoms with E-state index in [9.17, 15) is 38.4 Å². The van der Waals surface area contributed by atoms with Gasteiger partial charge in [0.1, 0.15) is 31.5 Å². The van der Waals surface area contributed by atoms with Crippen molar-refractivity contribution in [1.29, 1.82) is 0 Å². The van der Waals surface area contributed by atoms with E-state index in [1.807, 2.05) is 0 Å². The highest BCUT2D eigenvalue weighted by molar-refractivity contribution is 5.69. The van der Waals surface area contributed by atoms with Gasteiger partial charge in [-0.25, -0.2) is 0 Å². The molecular weight excluding hydrogens is 680 g/mol. The Hall–Kier alpha value is -4.40. The zero-order chi connectivity index (χ0) is 37.7. The minimum Gasteiger partial charge on any atom is -0.481 e. The van der Waals surface area contributed by atoms with Crippen LogP contribution in [0.1, 0.15) is 61.3 Å². The van der Waals surface area contributed by atoms with Crippen LogP contribution in [0.15, 0.2) is 0 Å². The molecule has 2 fully saturated rings. The molecule has 2 saturated heterocycles. The Morgan fingerprint density at radius 1 is 0.500 bits per heavy atom. The summed E-state index contributed by atoms with van der Waals surface area (Å²) in [5.41, 5.74) is 0. The van der Waals surface area contributed by atoms with Crippen molar-refractivity contribution in [2.45, 2.75) is 123 Å². The van der Waals surface area contributed by atoms with E-state index in [4.69, 9.17) is 57.2 Å². The number of carboxylic acid groups (broad SMARTS) is 1. The fourth-order valence-corrected chi connectivity index (χ4v) is 5.03. The molecule has 10 atom stereocenters. The van der Waals surface area contributed by atoms with Crippen LogP contribution in [-0.2, 0) is 90.5 Å². The van der Waals surface area contributed by atoms with E-state index in [0.717, 1.165) is 48.5 Å². The minimum atomic E-state index is -1.83. The predicted molar refractivity (Wildman–Crippen MR) is 156 cm³/mol. The van der Waals surface area contributed by atoms with Gasteiger partial charge < -0.3 is 57.2 Å². The molecule has 282 valence electrons. The van der Waals surface area contributed by atoms with Gasteiger partial charge in [-0.1, -0.05) is 0 Å². The molecule has 0 bridgehead atoms. The molecule has 2 aliphatic heterocycles. The molecule has 2 aliphatic rings. The van der Waals surface area contributed by atoms with Crippen LogP contribution in [0.4, 0.5) is 0 Å². The number of carbonyl (C=O) groups is 8. The van der Waals surface area contributed by atoms with E-state index < -0.39 is 122 Å².